The third-order valence-electron chi connectivity index (χ3n) is 3.68. The third kappa shape index (κ3) is 2.38. The lowest BCUT2D eigenvalue weighted by atomic mass is 10.1. The van der Waals surface area contributed by atoms with Crippen LogP contribution in [0.4, 0.5) is 4.39 Å². The fourth-order valence-corrected chi connectivity index (χ4v) is 2.54. The summed E-state index contributed by atoms with van der Waals surface area (Å²) in [5, 5.41) is 3.98. The molecule has 0 bridgehead atoms. The molecule has 2 atom stereocenters. The van der Waals surface area contributed by atoms with Crippen LogP contribution in [0.5, 0.6) is 0 Å². The first kappa shape index (κ1) is 12.3. The average Bonchev–Trinajstić information content (AvgIpc) is 3.01. The maximum atomic E-state index is 13.2. The SMILES string of the molecule is Cc1cc(-c2noc([C@@H]3CC[C@H](N)C3)n2)ccc1F. The molecule has 0 saturated heterocycles. The normalized spacial score (nSPS) is 22.9. The molecule has 0 spiro atoms. The summed E-state index contributed by atoms with van der Waals surface area (Å²) >= 11 is 0. The number of hydrogen-bond acceptors (Lipinski definition) is 4. The molecule has 1 aliphatic carbocycles. The first-order chi connectivity index (χ1) is 9.13. The van der Waals surface area contributed by atoms with Crippen molar-refractivity contribution in [1.29, 1.82) is 0 Å². The number of nitrogens with two attached hydrogens (primary N) is 1. The Labute approximate surface area is 110 Å². The predicted octanol–water partition coefficient (Wildman–Crippen LogP) is 2.78. The van der Waals surface area contributed by atoms with Gasteiger partial charge in [0.1, 0.15) is 5.82 Å². The minimum atomic E-state index is -0.228. The highest BCUT2D eigenvalue weighted by Crippen LogP contribution is 2.33. The fourth-order valence-electron chi connectivity index (χ4n) is 2.54. The maximum Gasteiger partial charge on any atom is 0.230 e. The summed E-state index contributed by atoms with van der Waals surface area (Å²) in [5.74, 6) is 1.19. The van der Waals surface area contributed by atoms with E-state index >= 15 is 0 Å². The summed E-state index contributed by atoms with van der Waals surface area (Å²) in [4.78, 5) is 4.41. The number of rotatable bonds is 2. The average molecular weight is 261 g/mol. The molecule has 0 amide bonds. The minimum Gasteiger partial charge on any atom is -0.339 e. The van der Waals surface area contributed by atoms with Crippen molar-refractivity contribution >= 4 is 0 Å². The Morgan fingerprint density at radius 1 is 1.37 bits per heavy atom. The molecule has 1 aromatic heterocycles. The molecule has 4 nitrogen and oxygen atoms in total. The van der Waals surface area contributed by atoms with Crippen LogP contribution in [0, 0.1) is 12.7 Å². The first-order valence-electron chi connectivity index (χ1n) is 6.49. The summed E-state index contributed by atoms with van der Waals surface area (Å²) in [7, 11) is 0. The minimum absolute atomic E-state index is 0.228. The van der Waals surface area contributed by atoms with Crippen LogP contribution in [-0.4, -0.2) is 16.2 Å². The molecule has 100 valence electrons. The Bertz CT molecular complexity index is 596. The van der Waals surface area contributed by atoms with Gasteiger partial charge in [-0.05, 0) is 49.9 Å². The van der Waals surface area contributed by atoms with Gasteiger partial charge in [-0.25, -0.2) is 4.39 Å². The van der Waals surface area contributed by atoms with Crippen molar-refractivity contribution < 1.29 is 8.91 Å². The molecule has 2 N–H and O–H groups in total. The monoisotopic (exact) mass is 261 g/mol. The van der Waals surface area contributed by atoms with Crippen LogP contribution < -0.4 is 5.73 Å². The molecule has 3 rings (SSSR count). The molecule has 2 aromatic rings. The second-order valence-electron chi connectivity index (χ2n) is 5.19. The molecule has 19 heavy (non-hydrogen) atoms. The Kier molecular flexibility index (Phi) is 3.06. The molecule has 1 fully saturated rings. The molecular formula is C14H16FN3O. The van der Waals surface area contributed by atoms with Crippen molar-refractivity contribution in [2.75, 3.05) is 0 Å². The van der Waals surface area contributed by atoms with Gasteiger partial charge in [0, 0.05) is 17.5 Å². The smallest absolute Gasteiger partial charge is 0.230 e. The van der Waals surface area contributed by atoms with Gasteiger partial charge in [-0.3, -0.25) is 0 Å². The summed E-state index contributed by atoms with van der Waals surface area (Å²) in [6.45, 7) is 1.72. The van der Waals surface area contributed by atoms with Gasteiger partial charge in [0.25, 0.3) is 0 Å². The highest BCUT2D eigenvalue weighted by atomic mass is 19.1. The second-order valence-corrected chi connectivity index (χ2v) is 5.19. The van der Waals surface area contributed by atoms with E-state index in [1.807, 2.05) is 0 Å². The largest absolute Gasteiger partial charge is 0.339 e. The third-order valence-corrected chi connectivity index (χ3v) is 3.68. The molecule has 1 saturated carbocycles. The van der Waals surface area contributed by atoms with E-state index in [0.717, 1.165) is 24.8 Å². The van der Waals surface area contributed by atoms with Gasteiger partial charge < -0.3 is 10.3 Å². The van der Waals surface area contributed by atoms with Gasteiger partial charge in [0.05, 0.1) is 0 Å². The van der Waals surface area contributed by atoms with E-state index in [4.69, 9.17) is 10.3 Å². The molecule has 1 aliphatic rings. The molecule has 0 unspecified atom stereocenters. The van der Waals surface area contributed by atoms with Crippen molar-refractivity contribution in [3.05, 3.63) is 35.5 Å². The van der Waals surface area contributed by atoms with Crippen LogP contribution in [0.3, 0.4) is 0 Å². The van der Waals surface area contributed by atoms with E-state index in [9.17, 15) is 4.39 Å². The van der Waals surface area contributed by atoms with Gasteiger partial charge >= 0.3 is 0 Å². The molecule has 1 aromatic carbocycles. The zero-order valence-electron chi connectivity index (χ0n) is 10.8. The van der Waals surface area contributed by atoms with E-state index in [1.54, 1.807) is 19.1 Å². The Morgan fingerprint density at radius 2 is 2.21 bits per heavy atom. The van der Waals surface area contributed by atoms with E-state index in [0.29, 0.717) is 17.3 Å². The van der Waals surface area contributed by atoms with Gasteiger partial charge in [-0.15, -0.1) is 0 Å². The van der Waals surface area contributed by atoms with Crippen LogP contribution in [0.25, 0.3) is 11.4 Å². The van der Waals surface area contributed by atoms with Crippen molar-refractivity contribution in [3.63, 3.8) is 0 Å². The van der Waals surface area contributed by atoms with Crippen LogP contribution in [0.1, 0.15) is 36.6 Å². The van der Waals surface area contributed by atoms with E-state index in [1.165, 1.54) is 6.07 Å². The zero-order chi connectivity index (χ0) is 13.4. The van der Waals surface area contributed by atoms with Crippen LogP contribution in [-0.2, 0) is 0 Å². The van der Waals surface area contributed by atoms with Crippen molar-refractivity contribution in [3.8, 4) is 11.4 Å². The summed E-state index contributed by atoms with van der Waals surface area (Å²) < 4.78 is 18.5. The predicted molar refractivity (Wildman–Crippen MR) is 69.0 cm³/mol. The van der Waals surface area contributed by atoms with E-state index < -0.39 is 0 Å². The van der Waals surface area contributed by atoms with Crippen molar-refractivity contribution in [2.45, 2.75) is 38.1 Å². The first-order valence-corrected chi connectivity index (χ1v) is 6.49. The highest BCUT2D eigenvalue weighted by Gasteiger charge is 2.28. The van der Waals surface area contributed by atoms with Crippen molar-refractivity contribution in [2.24, 2.45) is 5.73 Å². The van der Waals surface area contributed by atoms with Gasteiger partial charge in [-0.2, -0.15) is 4.98 Å². The van der Waals surface area contributed by atoms with Crippen LogP contribution in [0.2, 0.25) is 0 Å². The summed E-state index contributed by atoms with van der Waals surface area (Å²) in [6, 6.07) is 5.04. The number of benzene rings is 1. The zero-order valence-corrected chi connectivity index (χ0v) is 10.8. The Hall–Kier alpha value is -1.75. The summed E-state index contributed by atoms with van der Waals surface area (Å²) in [5.41, 5.74) is 7.24. The van der Waals surface area contributed by atoms with Crippen LogP contribution in [0.15, 0.2) is 22.7 Å². The van der Waals surface area contributed by atoms with Crippen LogP contribution >= 0.6 is 0 Å². The molecule has 0 aliphatic heterocycles. The van der Waals surface area contributed by atoms with E-state index in [2.05, 4.69) is 10.1 Å². The number of hydrogen-bond donors (Lipinski definition) is 1. The quantitative estimate of drug-likeness (QED) is 0.902. The molecule has 1 heterocycles. The standard InChI is InChI=1S/C14H16FN3O/c1-8-6-9(3-5-12(8)15)13-17-14(19-18-13)10-2-4-11(16)7-10/h3,5-6,10-11H,2,4,7,16H2,1H3/t10-,11+/m1/s1. The molecular weight excluding hydrogens is 245 g/mol. The Balaban J connectivity index is 1.86. The maximum absolute atomic E-state index is 13.2. The fraction of sp³-hybridized carbons (Fsp3) is 0.429. The second kappa shape index (κ2) is 4.74. The van der Waals surface area contributed by atoms with Gasteiger partial charge in [-0.1, -0.05) is 5.16 Å². The summed E-state index contributed by atoms with van der Waals surface area (Å²) in [6.07, 6.45) is 2.88. The molecule has 0 radical (unpaired) electrons. The van der Waals surface area contributed by atoms with E-state index in [-0.39, 0.29) is 17.8 Å². The van der Waals surface area contributed by atoms with Gasteiger partial charge in [0.2, 0.25) is 11.7 Å². The lowest BCUT2D eigenvalue weighted by Crippen LogP contribution is -2.14. The number of aryl methyl sites for hydroxylation is 1. The van der Waals surface area contributed by atoms with Gasteiger partial charge in [0.15, 0.2) is 0 Å². The highest BCUT2D eigenvalue weighted by molar-refractivity contribution is 5.55. The topological polar surface area (TPSA) is 64.9 Å². The lowest BCUT2D eigenvalue weighted by molar-refractivity contribution is 0.353. The molecule has 5 heteroatoms. The number of aromatic nitrogens is 2. The number of nitrogens with zero attached hydrogens (tertiary/aromatic N) is 2. The van der Waals surface area contributed by atoms with Crippen molar-refractivity contribution in [1.82, 2.24) is 10.1 Å². The number of halogens is 1. The lowest BCUT2D eigenvalue weighted by Gasteiger charge is -2.01. The Morgan fingerprint density at radius 3 is 2.89 bits per heavy atom.